The van der Waals surface area contributed by atoms with Gasteiger partial charge in [-0.05, 0) is 13.3 Å². The number of unbranched alkanes of at least 4 members (excludes halogenated alkanes) is 9. The Morgan fingerprint density at radius 3 is 1.85 bits per heavy atom. The van der Waals surface area contributed by atoms with E-state index in [0.717, 1.165) is 12.8 Å². The smallest absolute Gasteiger partial charge is 0.267 e. The SMILES string of the molecule is CCCCCCCCCCCCC(CC(C)S(=O)(=O)O)[n+]1ccccc1. The summed E-state index contributed by atoms with van der Waals surface area (Å²) >= 11 is 0. The van der Waals surface area contributed by atoms with Gasteiger partial charge in [0.15, 0.2) is 18.4 Å². The fraction of sp³-hybridized carbons (Fsp3) is 0.762. The third-order valence-corrected chi connectivity index (χ3v) is 6.37. The van der Waals surface area contributed by atoms with Crippen LogP contribution in [0.1, 0.15) is 96.9 Å². The normalized spacial score (nSPS) is 14.3. The molecule has 0 radical (unpaired) electrons. The van der Waals surface area contributed by atoms with E-state index in [4.69, 9.17) is 0 Å². The molecule has 0 aromatic carbocycles. The van der Waals surface area contributed by atoms with Gasteiger partial charge in [-0.2, -0.15) is 8.42 Å². The van der Waals surface area contributed by atoms with Crippen molar-refractivity contribution in [2.75, 3.05) is 0 Å². The van der Waals surface area contributed by atoms with E-state index in [9.17, 15) is 13.0 Å². The quantitative estimate of drug-likeness (QED) is 0.247. The summed E-state index contributed by atoms with van der Waals surface area (Å²) < 4.78 is 34.1. The van der Waals surface area contributed by atoms with Crippen molar-refractivity contribution in [2.24, 2.45) is 0 Å². The lowest BCUT2D eigenvalue weighted by Gasteiger charge is -2.15. The summed E-state index contributed by atoms with van der Waals surface area (Å²) in [5.74, 6) is 0. The molecule has 1 rings (SSSR count). The molecule has 2 atom stereocenters. The van der Waals surface area contributed by atoms with E-state index in [1.807, 2.05) is 30.6 Å². The Morgan fingerprint density at radius 1 is 0.846 bits per heavy atom. The maximum atomic E-state index is 11.4. The minimum atomic E-state index is -3.97. The van der Waals surface area contributed by atoms with Gasteiger partial charge in [0, 0.05) is 25.0 Å². The van der Waals surface area contributed by atoms with Crippen molar-refractivity contribution in [3.8, 4) is 0 Å². The van der Waals surface area contributed by atoms with E-state index in [2.05, 4.69) is 11.5 Å². The van der Waals surface area contributed by atoms with Gasteiger partial charge in [-0.25, -0.2) is 4.57 Å². The van der Waals surface area contributed by atoms with E-state index in [1.165, 1.54) is 57.8 Å². The van der Waals surface area contributed by atoms with E-state index in [0.29, 0.717) is 6.42 Å². The van der Waals surface area contributed by atoms with Crippen LogP contribution >= 0.6 is 0 Å². The Morgan fingerprint density at radius 2 is 1.35 bits per heavy atom. The second-order valence-corrected chi connectivity index (χ2v) is 9.34. The first-order valence-corrected chi connectivity index (χ1v) is 11.9. The van der Waals surface area contributed by atoms with Crippen LogP contribution in [0.3, 0.4) is 0 Å². The van der Waals surface area contributed by atoms with Gasteiger partial charge in [0.1, 0.15) is 0 Å². The Kier molecular flexibility index (Phi) is 11.8. The maximum Gasteiger partial charge on any atom is 0.267 e. The molecule has 1 N–H and O–H groups in total. The molecule has 0 saturated carbocycles. The molecule has 0 aliphatic heterocycles. The lowest BCUT2D eigenvalue weighted by atomic mass is 10.0. The van der Waals surface area contributed by atoms with E-state index < -0.39 is 15.4 Å². The fourth-order valence-electron chi connectivity index (χ4n) is 3.42. The van der Waals surface area contributed by atoms with Crippen molar-refractivity contribution in [1.29, 1.82) is 0 Å². The van der Waals surface area contributed by atoms with Gasteiger partial charge in [0.2, 0.25) is 0 Å². The lowest BCUT2D eigenvalue weighted by Crippen LogP contribution is -2.41. The van der Waals surface area contributed by atoms with Crippen LogP contribution < -0.4 is 4.57 Å². The van der Waals surface area contributed by atoms with Crippen LogP contribution in [-0.4, -0.2) is 18.2 Å². The van der Waals surface area contributed by atoms with Crippen LogP contribution in [0.25, 0.3) is 0 Å². The van der Waals surface area contributed by atoms with Gasteiger partial charge in [-0.1, -0.05) is 70.8 Å². The summed E-state index contributed by atoms with van der Waals surface area (Å²) in [5.41, 5.74) is 0. The first-order chi connectivity index (χ1) is 12.4. The molecule has 5 heteroatoms. The molecule has 0 spiro atoms. The zero-order chi connectivity index (χ0) is 19.3. The largest absolute Gasteiger partial charge is 0.285 e. The highest BCUT2D eigenvalue weighted by molar-refractivity contribution is 7.86. The van der Waals surface area contributed by atoms with Crippen LogP contribution in [0, 0.1) is 0 Å². The molecule has 0 amide bonds. The van der Waals surface area contributed by atoms with Gasteiger partial charge in [0.05, 0.1) is 5.25 Å². The highest BCUT2D eigenvalue weighted by Gasteiger charge is 2.27. The highest BCUT2D eigenvalue weighted by atomic mass is 32.2. The molecule has 1 aromatic heterocycles. The minimum Gasteiger partial charge on any atom is -0.285 e. The average Bonchev–Trinajstić information content (AvgIpc) is 2.62. The van der Waals surface area contributed by atoms with Gasteiger partial charge in [-0.3, -0.25) is 4.55 Å². The number of hydrogen-bond donors (Lipinski definition) is 1. The monoisotopic (exact) mass is 384 g/mol. The number of pyridine rings is 1. The van der Waals surface area contributed by atoms with Gasteiger partial charge in [-0.15, -0.1) is 0 Å². The first kappa shape index (κ1) is 23.1. The predicted octanol–water partition coefficient (Wildman–Crippen LogP) is 5.49. The second-order valence-electron chi connectivity index (χ2n) is 7.51. The zero-order valence-corrected chi connectivity index (χ0v) is 17.5. The summed E-state index contributed by atoms with van der Waals surface area (Å²) in [4.78, 5) is 0. The van der Waals surface area contributed by atoms with Crippen LogP contribution in [0.2, 0.25) is 0 Å². The molecule has 0 saturated heterocycles. The Balaban J connectivity index is 2.31. The second kappa shape index (κ2) is 13.3. The molecule has 26 heavy (non-hydrogen) atoms. The molecule has 4 nitrogen and oxygen atoms in total. The van der Waals surface area contributed by atoms with Crippen LogP contribution in [0.15, 0.2) is 30.6 Å². The van der Waals surface area contributed by atoms with E-state index >= 15 is 0 Å². The Labute approximate surface area is 160 Å². The molecule has 1 heterocycles. The van der Waals surface area contributed by atoms with Crippen molar-refractivity contribution < 1.29 is 17.5 Å². The van der Waals surface area contributed by atoms with E-state index in [-0.39, 0.29) is 6.04 Å². The molecular formula is C21H38NO3S+. The van der Waals surface area contributed by atoms with Crippen molar-refractivity contribution in [1.82, 2.24) is 0 Å². The molecule has 0 bridgehead atoms. The summed E-state index contributed by atoms with van der Waals surface area (Å²) in [6.07, 6.45) is 18.3. The molecule has 2 unspecified atom stereocenters. The lowest BCUT2D eigenvalue weighted by molar-refractivity contribution is -0.724. The molecular weight excluding hydrogens is 346 g/mol. The number of rotatable bonds is 15. The molecule has 0 fully saturated rings. The predicted molar refractivity (Wildman–Crippen MR) is 108 cm³/mol. The minimum absolute atomic E-state index is 0.113. The van der Waals surface area contributed by atoms with Crippen LogP contribution in [0.4, 0.5) is 0 Å². The van der Waals surface area contributed by atoms with Crippen molar-refractivity contribution in [2.45, 2.75) is 102 Å². The van der Waals surface area contributed by atoms with Crippen molar-refractivity contribution in [3.63, 3.8) is 0 Å². The number of aromatic nitrogens is 1. The summed E-state index contributed by atoms with van der Waals surface area (Å²) in [6.45, 7) is 3.84. The van der Waals surface area contributed by atoms with Crippen molar-refractivity contribution >= 4 is 10.1 Å². The standard InChI is InChI=1S/C21H37NO3S/c1-3-4-5-6-7-8-9-10-11-13-16-21(19-20(2)26(23,24)25)22-17-14-12-15-18-22/h12,14-15,17-18,20-21H,3-11,13,16,19H2,1-2H3/p+1. The van der Waals surface area contributed by atoms with Crippen LogP contribution in [0.5, 0.6) is 0 Å². The zero-order valence-electron chi connectivity index (χ0n) is 16.6. The molecule has 150 valence electrons. The molecule has 0 aliphatic rings. The topological polar surface area (TPSA) is 58.3 Å². The maximum absolute atomic E-state index is 11.4. The fourth-order valence-corrected chi connectivity index (χ4v) is 3.88. The van der Waals surface area contributed by atoms with Crippen molar-refractivity contribution in [3.05, 3.63) is 30.6 Å². The Hall–Kier alpha value is -0.940. The summed E-state index contributed by atoms with van der Waals surface area (Å²) in [6, 6.07) is 6.00. The third-order valence-electron chi connectivity index (χ3n) is 5.16. The van der Waals surface area contributed by atoms with Gasteiger partial charge < -0.3 is 0 Å². The van der Waals surface area contributed by atoms with E-state index in [1.54, 1.807) is 6.92 Å². The Bertz CT molecular complexity index is 560. The number of nitrogens with zero attached hydrogens (tertiary/aromatic N) is 1. The van der Waals surface area contributed by atoms with Crippen LogP contribution in [-0.2, 0) is 10.1 Å². The molecule has 0 aliphatic carbocycles. The molecule has 1 aromatic rings. The average molecular weight is 385 g/mol. The summed E-state index contributed by atoms with van der Waals surface area (Å²) in [5, 5.41) is -0.733. The number of hydrogen-bond acceptors (Lipinski definition) is 2. The van der Waals surface area contributed by atoms with Gasteiger partial charge >= 0.3 is 0 Å². The first-order valence-electron chi connectivity index (χ1n) is 10.4. The van der Waals surface area contributed by atoms with Gasteiger partial charge in [0.25, 0.3) is 10.1 Å². The summed E-state index contributed by atoms with van der Waals surface area (Å²) in [7, 11) is -3.97. The highest BCUT2D eigenvalue weighted by Crippen LogP contribution is 2.20. The third kappa shape index (κ3) is 10.3.